The number of amides is 1. The fourth-order valence-corrected chi connectivity index (χ4v) is 2.02. The number of hydrogen-bond donors (Lipinski definition) is 1. The third-order valence-electron chi connectivity index (χ3n) is 2.58. The van der Waals surface area contributed by atoms with Crippen molar-refractivity contribution in [2.75, 3.05) is 5.32 Å². The Morgan fingerprint density at radius 2 is 1.89 bits per heavy atom. The van der Waals surface area contributed by atoms with E-state index in [2.05, 4.69) is 21.2 Å². The molecule has 0 saturated carbocycles. The molecule has 0 unspecified atom stereocenters. The van der Waals surface area contributed by atoms with Crippen LogP contribution in [0.25, 0.3) is 0 Å². The highest BCUT2D eigenvalue weighted by Gasteiger charge is 2.04. The number of aryl methyl sites for hydroxylation is 1. The monoisotopic (exact) mass is 320 g/mol. The standard InChI is InChI=1S/C14H13BrN2O2/c15-11-6-7-14(19)17(10-11)9-8-13(18)16-12-4-2-1-3-5-12/h1-7,10H,8-9H2,(H,16,18). The number of nitrogens with one attached hydrogen (secondary N) is 1. The van der Waals surface area contributed by atoms with Crippen molar-refractivity contribution in [2.24, 2.45) is 0 Å². The number of anilines is 1. The van der Waals surface area contributed by atoms with Crippen molar-refractivity contribution in [2.45, 2.75) is 13.0 Å². The molecule has 1 aromatic heterocycles. The van der Waals surface area contributed by atoms with E-state index in [1.807, 2.05) is 30.3 Å². The van der Waals surface area contributed by atoms with Crippen LogP contribution in [0, 0.1) is 0 Å². The van der Waals surface area contributed by atoms with Gasteiger partial charge in [0.2, 0.25) is 5.91 Å². The summed E-state index contributed by atoms with van der Waals surface area (Å²) in [5.74, 6) is -0.113. The minimum absolute atomic E-state index is 0.113. The lowest BCUT2D eigenvalue weighted by molar-refractivity contribution is -0.116. The van der Waals surface area contributed by atoms with Crippen LogP contribution in [0.4, 0.5) is 5.69 Å². The van der Waals surface area contributed by atoms with Crippen molar-refractivity contribution in [3.63, 3.8) is 0 Å². The van der Waals surface area contributed by atoms with Gasteiger partial charge in [-0.3, -0.25) is 9.59 Å². The molecule has 1 amide bonds. The molecule has 0 aliphatic rings. The first-order chi connectivity index (χ1) is 9.15. The molecule has 0 radical (unpaired) electrons. The van der Waals surface area contributed by atoms with Crippen LogP contribution in [0.3, 0.4) is 0 Å². The number of pyridine rings is 1. The molecule has 1 N–H and O–H groups in total. The van der Waals surface area contributed by atoms with E-state index in [0.29, 0.717) is 6.54 Å². The molecular weight excluding hydrogens is 308 g/mol. The molecule has 0 fully saturated rings. The fourth-order valence-electron chi connectivity index (χ4n) is 1.64. The first-order valence-electron chi connectivity index (χ1n) is 5.86. The average Bonchev–Trinajstić information content (AvgIpc) is 2.41. The summed E-state index contributed by atoms with van der Waals surface area (Å²) in [7, 11) is 0. The summed E-state index contributed by atoms with van der Waals surface area (Å²) >= 11 is 3.30. The molecule has 5 heteroatoms. The van der Waals surface area contributed by atoms with Gasteiger partial charge in [0.15, 0.2) is 0 Å². The molecule has 0 atom stereocenters. The van der Waals surface area contributed by atoms with Crippen molar-refractivity contribution in [3.05, 3.63) is 63.5 Å². The van der Waals surface area contributed by atoms with E-state index in [9.17, 15) is 9.59 Å². The van der Waals surface area contributed by atoms with Gasteiger partial charge in [0, 0.05) is 35.4 Å². The Kier molecular flexibility index (Phi) is 4.52. The number of carbonyl (C=O) groups is 1. The molecule has 0 aliphatic heterocycles. The van der Waals surface area contributed by atoms with Crippen molar-refractivity contribution < 1.29 is 4.79 Å². The van der Waals surface area contributed by atoms with Gasteiger partial charge in [-0.25, -0.2) is 0 Å². The van der Waals surface area contributed by atoms with Gasteiger partial charge in [0.25, 0.3) is 5.56 Å². The molecule has 1 heterocycles. The minimum atomic E-state index is -0.115. The normalized spacial score (nSPS) is 10.2. The van der Waals surface area contributed by atoms with Gasteiger partial charge in [-0.05, 0) is 34.1 Å². The maximum Gasteiger partial charge on any atom is 0.250 e. The lowest BCUT2D eigenvalue weighted by Gasteiger charge is -2.07. The average molecular weight is 321 g/mol. The molecular formula is C14H13BrN2O2. The highest BCUT2D eigenvalue weighted by Crippen LogP contribution is 2.07. The number of hydrogen-bond acceptors (Lipinski definition) is 2. The van der Waals surface area contributed by atoms with E-state index in [1.54, 1.807) is 12.3 Å². The molecule has 1 aromatic carbocycles. The quantitative estimate of drug-likeness (QED) is 0.941. The van der Waals surface area contributed by atoms with E-state index in [4.69, 9.17) is 0 Å². The predicted octanol–water partition coefficient (Wildman–Crippen LogP) is 2.64. The number of aromatic nitrogens is 1. The van der Waals surface area contributed by atoms with Crippen LogP contribution in [0.2, 0.25) is 0 Å². The molecule has 19 heavy (non-hydrogen) atoms. The van der Waals surface area contributed by atoms with Gasteiger partial charge in [0.05, 0.1) is 0 Å². The zero-order chi connectivity index (χ0) is 13.7. The smallest absolute Gasteiger partial charge is 0.250 e. The van der Waals surface area contributed by atoms with Gasteiger partial charge in [-0.15, -0.1) is 0 Å². The molecule has 2 rings (SSSR count). The van der Waals surface area contributed by atoms with Crippen LogP contribution in [-0.4, -0.2) is 10.5 Å². The highest BCUT2D eigenvalue weighted by molar-refractivity contribution is 9.10. The minimum Gasteiger partial charge on any atom is -0.326 e. The first-order valence-corrected chi connectivity index (χ1v) is 6.65. The third kappa shape index (κ3) is 4.06. The molecule has 98 valence electrons. The topological polar surface area (TPSA) is 51.1 Å². The van der Waals surface area contributed by atoms with Crippen molar-refractivity contribution in [3.8, 4) is 0 Å². The Morgan fingerprint density at radius 1 is 1.16 bits per heavy atom. The second-order valence-corrected chi connectivity index (χ2v) is 4.96. The van der Waals surface area contributed by atoms with Crippen LogP contribution in [0.5, 0.6) is 0 Å². The zero-order valence-electron chi connectivity index (χ0n) is 10.2. The third-order valence-corrected chi connectivity index (χ3v) is 3.05. The molecule has 2 aromatic rings. The number of carbonyl (C=O) groups excluding carboxylic acids is 1. The maximum absolute atomic E-state index is 11.7. The van der Waals surface area contributed by atoms with Crippen LogP contribution in [0.1, 0.15) is 6.42 Å². The predicted molar refractivity (Wildman–Crippen MR) is 78.1 cm³/mol. The Morgan fingerprint density at radius 3 is 2.63 bits per heavy atom. The van der Waals surface area contributed by atoms with Gasteiger partial charge in [-0.2, -0.15) is 0 Å². The van der Waals surface area contributed by atoms with Gasteiger partial charge < -0.3 is 9.88 Å². The van der Waals surface area contributed by atoms with Crippen molar-refractivity contribution in [1.29, 1.82) is 0 Å². The summed E-state index contributed by atoms with van der Waals surface area (Å²) in [6.45, 7) is 0.358. The summed E-state index contributed by atoms with van der Waals surface area (Å²) < 4.78 is 2.32. The molecule has 0 aliphatic carbocycles. The molecule has 0 bridgehead atoms. The van der Waals surface area contributed by atoms with E-state index in [-0.39, 0.29) is 17.9 Å². The second kappa shape index (κ2) is 6.33. The summed E-state index contributed by atoms with van der Waals surface area (Å²) in [6, 6.07) is 12.4. The van der Waals surface area contributed by atoms with E-state index < -0.39 is 0 Å². The zero-order valence-corrected chi connectivity index (χ0v) is 11.8. The second-order valence-electron chi connectivity index (χ2n) is 4.04. The Hall–Kier alpha value is -1.88. The first kappa shape index (κ1) is 13.5. The van der Waals surface area contributed by atoms with Crippen molar-refractivity contribution in [1.82, 2.24) is 4.57 Å². The number of rotatable bonds is 4. The summed E-state index contributed by atoms with van der Waals surface area (Å²) in [5.41, 5.74) is 0.643. The van der Waals surface area contributed by atoms with Gasteiger partial charge in [-0.1, -0.05) is 18.2 Å². The summed E-state index contributed by atoms with van der Waals surface area (Å²) in [6.07, 6.45) is 1.93. The lowest BCUT2D eigenvalue weighted by atomic mass is 10.3. The molecule has 0 saturated heterocycles. The van der Waals surface area contributed by atoms with Crippen molar-refractivity contribution >= 4 is 27.5 Å². The number of para-hydroxylation sites is 1. The van der Waals surface area contributed by atoms with Gasteiger partial charge in [0.1, 0.15) is 0 Å². The van der Waals surface area contributed by atoms with Crippen LogP contribution >= 0.6 is 15.9 Å². The van der Waals surface area contributed by atoms with E-state index in [0.717, 1.165) is 10.2 Å². The van der Waals surface area contributed by atoms with Crippen LogP contribution < -0.4 is 10.9 Å². The number of nitrogens with zero attached hydrogens (tertiary/aromatic N) is 1. The molecule has 0 spiro atoms. The summed E-state index contributed by atoms with van der Waals surface area (Å²) in [5, 5.41) is 2.78. The summed E-state index contributed by atoms with van der Waals surface area (Å²) in [4.78, 5) is 23.3. The van der Waals surface area contributed by atoms with E-state index in [1.165, 1.54) is 10.6 Å². The van der Waals surface area contributed by atoms with Crippen LogP contribution in [-0.2, 0) is 11.3 Å². The highest BCUT2D eigenvalue weighted by atomic mass is 79.9. The number of benzene rings is 1. The SMILES string of the molecule is O=C(CCn1cc(Br)ccc1=O)Nc1ccccc1. The maximum atomic E-state index is 11.7. The van der Waals surface area contributed by atoms with Crippen LogP contribution in [0.15, 0.2) is 57.9 Å². The Bertz CT molecular complexity index is 623. The molecule has 4 nitrogen and oxygen atoms in total. The fraction of sp³-hybridized carbons (Fsp3) is 0.143. The Labute approximate surface area is 119 Å². The number of halogens is 1. The largest absolute Gasteiger partial charge is 0.326 e. The lowest BCUT2D eigenvalue weighted by Crippen LogP contribution is -2.22. The Balaban J connectivity index is 1.94. The van der Waals surface area contributed by atoms with E-state index >= 15 is 0 Å². The van der Waals surface area contributed by atoms with Gasteiger partial charge >= 0.3 is 0 Å².